The highest BCUT2D eigenvalue weighted by atomic mass is 16.2. The van der Waals surface area contributed by atoms with E-state index in [-0.39, 0.29) is 18.1 Å². The number of nitrogens with zero attached hydrogens (tertiary/aromatic N) is 5. The van der Waals surface area contributed by atoms with E-state index in [0.717, 1.165) is 12.8 Å². The van der Waals surface area contributed by atoms with Crippen LogP contribution >= 0.6 is 0 Å². The molecule has 0 saturated carbocycles. The third-order valence-corrected chi connectivity index (χ3v) is 4.39. The monoisotopic (exact) mass is 328 g/mol. The number of carbonyl (C=O) groups is 2. The Labute approximate surface area is 139 Å². The Morgan fingerprint density at radius 3 is 2.83 bits per heavy atom. The molecule has 0 unspecified atom stereocenters. The molecular formula is C16H20N6O2. The molecule has 0 aromatic carbocycles. The molecule has 1 saturated heterocycles. The molecule has 126 valence electrons. The molecular weight excluding hydrogens is 308 g/mol. The number of hydrogen-bond acceptors (Lipinski definition) is 5. The second-order valence-corrected chi connectivity index (χ2v) is 6.21. The first-order chi connectivity index (χ1) is 11.4. The predicted molar refractivity (Wildman–Crippen MR) is 85.8 cm³/mol. The van der Waals surface area contributed by atoms with Crippen molar-refractivity contribution in [2.75, 3.05) is 6.54 Å². The molecule has 3 rings (SSSR count). The van der Waals surface area contributed by atoms with Crippen LogP contribution in [-0.4, -0.2) is 43.0 Å². The molecule has 2 aromatic rings. The molecule has 1 aliphatic heterocycles. The van der Waals surface area contributed by atoms with Crippen LogP contribution in [0.15, 0.2) is 24.5 Å². The summed E-state index contributed by atoms with van der Waals surface area (Å²) in [4.78, 5) is 34.8. The number of aryl methyl sites for hydroxylation is 1. The van der Waals surface area contributed by atoms with Crippen LogP contribution in [0.5, 0.6) is 0 Å². The molecule has 0 spiro atoms. The number of hydrogen-bond donors (Lipinski definition) is 1. The van der Waals surface area contributed by atoms with Gasteiger partial charge in [-0.25, -0.2) is 9.97 Å². The van der Waals surface area contributed by atoms with Crippen LogP contribution in [0, 0.1) is 6.92 Å². The SMILES string of the molecule is Cc1cc(C(N)=O)nc([C@@]2(C)CCCN2C(=O)Cn2cccn2)n1. The lowest BCUT2D eigenvalue weighted by molar-refractivity contribution is -0.136. The summed E-state index contributed by atoms with van der Waals surface area (Å²) in [6.45, 7) is 4.50. The highest BCUT2D eigenvalue weighted by molar-refractivity contribution is 5.90. The first-order valence-electron chi connectivity index (χ1n) is 7.84. The van der Waals surface area contributed by atoms with Crippen LogP contribution in [0.25, 0.3) is 0 Å². The van der Waals surface area contributed by atoms with Gasteiger partial charge in [0.25, 0.3) is 5.91 Å². The summed E-state index contributed by atoms with van der Waals surface area (Å²) >= 11 is 0. The molecule has 2 amide bonds. The quantitative estimate of drug-likeness (QED) is 0.885. The number of aromatic nitrogens is 4. The maximum atomic E-state index is 12.7. The molecule has 24 heavy (non-hydrogen) atoms. The minimum absolute atomic E-state index is 0.0515. The van der Waals surface area contributed by atoms with Gasteiger partial charge in [0, 0.05) is 24.6 Å². The maximum Gasteiger partial charge on any atom is 0.267 e. The molecule has 1 atom stereocenters. The van der Waals surface area contributed by atoms with Crippen molar-refractivity contribution in [1.29, 1.82) is 0 Å². The first-order valence-corrected chi connectivity index (χ1v) is 7.84. The van der Waals surface area contributed by atoms with Crippen LogP contribution in [0.4, 0.5) is 0 Å². The highest BCUT2D eigenvalue weighted by Crippen LogP contribution is 2.37. The fraction of sp³-hybridized carbons (Fsp3) is 0.438. The Kier molecular flexibility index (Phi) is 4.04. The molecule has 2 N–H and O–H groups in total. The highest BCUT2D eigenvalue weighted by Gasteiger charge is 2.43. The van der Waals surface area contributed by atoms with E-state index in [2.05, 4.69) is 15.1 Å². The standard InChI is InChI=1S/C16H20N6O2/c1-11-9-12(14(17)24)20-15(19-11)16(2)5-3-8-22(16)13(23)10-21-7-4-6-18-21/h4,6-7,9H,3,5,8,10H2,1-2H3,(H2,17,24)/t16-/m1/s1. The van der Waals surface area contributed by atoms with Crippen LogP contribution in [0.3, 0.4) is 0 Å². The Hall–Kier alpha value is -2.77. The summed E-state index contributed by atoms with van der Waals surface area (Å²) in [5.41, 5.74) is 5.53. The molecule has 1 aliphatic rings. The van der Waals surface area contributed by atoms with E-state index in [9.17, 15) is 9.59 Å². The van der Waals surface area contributed by atoms with Gasteiger partial charge in [-0.1, -0.05) is 0 Å². The summed E-state index contributed by atoms with van der Waals surface area (Å²) in [6, 6.07) is 3.33. The van der Waals surface area contributed by atoms with Crippen molar-refractivity contribution < 1.29 is 9.59 Å². The van der Waals surface area contributed by atoms with Gasteiger partial charge in [-0.15, -0.1) is 0 Å². The summed E-state index contributed by atoms with van der Waals surface area (Å²) in [6.07, 6.45) is 4.98. The number of rotatable bonds is 4. The van der Waals surface area contributed by atoms with Crippen LogP contribution in [0.1, 0.15) is 41.8 Å². The van der Waals surface area contributed by atoms with E-state index in [1.54, 1.807) is 41.0 Å². The lowest BCUT2D eigenvalue weighted by Gasteiger charge is -2.34. The second-order valence-electron chi connectivity index (χ2n) is 6.21. The Bertz CT molecular complexity index is 773. The van der Waals surface area contributed by atoms with Crippen molar-refractivity contribution in [3.05, 3.63) is 41.7 Å². The molecule has 0 bridgehead atoms. The zero-order valence-corrected chi connectivity index (χ0v) is 13.8. The van der Waals surface area contributed by atoms with Crippen molar-refractivity contribution in [3.8, 4) is 0 Å². The largest absolute Gasteiger partial charge is 0.364 e. The van der Waals surface area contributed by atoms with Gasteiger partial charge >= 0.3 is 0 Å². The van der Waals surface area contributed by atoms with E-state index in [4.69, 9.17) is 5.73 Å². The number of primary amides is 1. The van der Waals surface area contributed by atoms with E-state index in [0.29, 0.717) is 18.1 Å². The summed E-state index contributed by atoms with van der Waals surface area (Å²) < 4.78 is 1.59. The van der Waals surface area contributed by atoms with Gasteiger partial charge in [0.2, 0.25) is 5.91 Å². The average Bonchev–Trinajstić information content (AvgIpc) is 3.16. The second kappa shape index (κ2) is 6.03. The van der Waals surface area contributed by atoms with Gasteiger partial charge in [-0.2, -0.15) is 5.10 Å². The maximum absolute atomic E-state index is 12.7. The van der Waals surface area contributed by atoms with Crippen molar-refractivity contribution in [2.24, 2.45) is 5.73 Å². The summed E-state index contributed by atoms with van der Waals surface area (Å²) in [7, 11) is 0. The topological polar surface area (TPSA) is 107 Å². The normalized spacial score (nSPS) is 20.3. The van der Waals surface area contributed by atoms with Crippen LogP contribution in [-0.2, 0) is 16.9 Å². The van der Waals surface area contributed by atoms with Crippen LogP contribution in [0.2, 0.25) is 0 Å². The Balaban J connectivity index is 1.93. The first kappa shape index (κ1) is 16.1. The zero-order valence-electron chi connectivity index (χ0n) is 13.8. The van der Waals surface area contributed by atoms with Crippen molar-refractivity contribution >= 4 is 11.8 Å². The molecule has 0 aliphatic carbocycles. The van der Waals surface area contributed by atoms with Gasteiger partial charge in [-0.05, 0) is 38.8 Å². The molecule has 2 aromatic heterocycles. The number of likely N-dealkylation sites (tertiary alicyclic amines) is 1. The van der Waals surface area contributed by atoms with Crippen molar-refractivity contribution in [3.63, 3.8) is 0 Å². The van der Waals surface area contributed by atoms with Gasteiger partial charge in [0.05, 0.1) is 5.54 Å². The summed E-state index contributed by atoms with van der Waals surface area (Å²) in [5.74, 6) is -0.190. The van der Waals surface area contributed by atoms with E-state index in [1.807, 2.05) is 6.92 Å². The lowest BCUT2D eigenvalue weighted by atomic mass is 9.97. The van der Waals surface area contributed by atoms with Gasteiger partial charge in [0.1, 0.15) is 12.2 Å². The van der Waals surface area contributed by atoms with Gasteiger partial charge in [-0.3, -0.25) is 14.3 Å². The fourth-order valence-electron chi connectivity index (χ4n) is 3.15. The fourth-order valence-corrected chi connectivity index (χ4v) is 3.15. The van der Waals surface area contributed by atoms with E-state index < -0.39 is 11.4 Å². The molecule has 0 radical (unpaired) electrons. The minimum atomic E-state index is -0.652. The lowest BCUT2D eigenvalue weighted by Crippen LogP contribution is -2.45. The predicted octanol–water partition coefficient (Wildman–Crippen LogP) is 0.618. The average molecular weight is 328 g/mol. The third kappa shape index (κ3) is 2.86. The molecule has 1 fully saturated rings. The number of amides is 2. The molecule has 3 heterocycles. The summed E-state index contributed by atoms with van der Waals surface area (Å²) in [5, 5.41) is 4.08. The van der Waals surface area contributed by atoms with Crippen molar-refractivity contribution in [1.82, 2.24) is 24.6 Å². The van der Waals surface area contributed by atoms with E-state index >= 15 is 0 Å². The Morgan fingerprint density at radius 1 is 1.38 bits per heavy atom. The van der Waals surface area contributed by atoms with Gasteiger partial charge in [0.15, 0.2) is 5.82 Å². The molecule has 8 heteroatoms. The smallest absolute Gasteiger partial charge is 0.267 e. The van der Waals surface area contributed by atoms with Crippen LogP contribution < -0.4 is 5.73 Å². The molecule has 8 nitrogen and oxygen atoms in total. The number of nitrogens with two attached hydrogens (primary N) is 1. The number of carbonyl (C=O) groups excluding carboxylic acids is 2. The third-order valence-electron chi connectivity index (χ3n) is 4.39. The Morgan fingerprint density at radius 2 is 2.17 bits per heavy atom. The van der Waals surface area contributed by atoms with Crippen molar-refractivity contribution in [2.45, 2.75) is 38.8 Å². The zero-order chi connectivity index (χ0) is 17.3. The minimum Gasteiger partial charge on any atom is -0.364 e. The van der Waals surface area contributed by atoms with Gasteiger partial charge < -0.3 is 10.6 Å². The van der Waals surface area contributed by atoms with E-state index in [1.165, 1.54) is 0 Å².